The average Bonchev–Trinajstić information content (AvgIpc) is 2.30. The molecule has 0 saturated heterocycles. The molecule has 12 heteroatoms. The van der Waals surface area contributed by atoms with E-state index in [2.05, 4.69) is 140 Å². The summed E-state index contributed by atoms with van der Waals surface area (Å²) in [7, 11) is 0. The van der Waals surface area contributed by atoms with Gasteiger partial charge in [0.2, 0.25) is 0 Å². The zero-order valence-electron chi connectivity index (χ0n) is 10.9. The van der Waals surface area contributed by atoms with Crippen molar-refractivity contribution < 1.29 is 0 Å². The molecule has 0 amide bonds. The molecule has 0 radical (unpaired) electrons. The smallest absolute Gasteiger partial charge is 0.139 e. The van der Waals surface area contributed by atoms with Crippen molar-refractivity contribution in [3.05, 3.63) is 11.1 Å². The molecule has 0 fully saturated rings. The van der Waals surface area contributed by atoms with Crippen LogP contribution >= 0.6 is 126 Å². The Kier molecular flexibility index (Phi) is 14.6. The van der Waals surface area contributed by atoms with E-state index < -0.39 is 0 Å². The maximum absolute atomic E-state index is 3.68. The van der Waals surface area contributed by atoms with Gasteiger partial charge in [0.15, 0.2) is 0 Å². The van der Waals surface area contributed by atoms with E-state index in [1.165, 1.54) is 11.1 Å². The normalized spacial score (nSPS) is 12.6. The number of rotatable bonds is 8. The zero-order chi connectivity index (χ0) is 16.0. The molecular formula is C8H12B4Br8. The van der Waals surface area contributed by atoms with Crippen LogP contribution in [0.4, 0.5) is 0 Å². The minimum atomic E-state index is 0.212. The molecule has 0 aliphatic rings. The van der Waals surface area contributed by atoms with Crippen molar-refractivity contribution in [1.29, 1.82) is 0 Å². The van der Waals surface area contributed by atoms with Crippen LogP contribution in [0.5, 0.6) is 0 Å². The summed E-state index contributed by atoms with van der Waals surface area (Å²) >= 11 is 29.4. The lowest BCUT2D eigenvalue weighted by atomic mass is 9.57. The number of hydrogen-bond acceptors (Lipinski definition) is 0. The summed E-state index contributed by atoms with van der Waals surface area (Å²) in [6, 6.07) is 0. The Labute approximate surface area is 190 Å². The van der Waals surface area contributed by atoms with Crippen LogP contribution in [0.3, 0.4) is 0 Å². The molecule has 0 aromatic carbocycles. The summed E-state index contributed by atoms with van der Waals surface area (Å²) in [6.45, 7) is 4.43. The summed E-state index contributed by atoms with van der Waals surface area (Å²) in [5.41, 5.74) is 3.58. The Hall–Kier alpha value is 3.84. The fourth-order valence-electron chi connectivity index (χ4n) is 2.18. The van der Waals surface area contributed by atoms with Gasteiger partial charge in [0, 0.05) is 0 Å². The van der Waals surface area contributed by atoms with Gasteiger partial charge >= 0.3 is 0 Å². The topological polar surface area (TPSA) is 0 Å². The van der Waals surface area contributed by atoms with Crippen LogP contribution in [-0.4, -0.2) is 17.4 Å². The third-order valence-corrected chi connectivity index (χ3v) is 7.62. The van der Waals surface area contributed by atoms with Gasteiger partial charge in [-0.2, -0.15) is 0 Å². The molecule has 0 spiro atoms. The van der Waals surface area contributed by atoms with Crippen LogP contribution in [0.15, 0.2) is 11.1 Å². The highest BCUT2D eigenvalue weighted by atomic mass is 79.9. The van der Waals surface area contributed by atoms with Crippen molar-refractivity contribution >= 4 is 143 Å². The van der Waals surface area contributed by atoms with Gasteiger partial charge in [0.25, 0.3) is 17.4 Å². The van der Waals surface area contributed by atoms with E-state index in [1.807, 2.05) is 0 Å². The molecule has 20 heavy (non-hydrogen) atoms. The second-order valence-electron chi connectivity index (χ2n) is 4.15. The number of halogens is 8. The molecule has 0 nitrogen and oxygen atoms in total. The first-order chi connectivity index (χ1) is 9.18. The lowest BCUT2D eigenvalue weighted by Crippen LogP contribution is -2.25. The monoisotopic (exact) mass is 783 g/mol. The fourth-order valence-corrected chi connectivity index (χ4v) is 10.5. The van der Waals surface area contributed by atoms with E-state index in [0.29, 0.717) is 11.4 Å². The van der Waals surface area contributed by atoms with Gasteiger partial charge in [0.05, 0.1) is 0 Å². The second kappa shape index (κ2) is 12.2. The van der Waals surface area contributed by atoms with Gasteiger partial charge in [-0.05, 0) is 24.3 Å². The van der Waals surface area contributed by atoms with Gasteiger partial charge in [-0.15, -0.1) is 126 Å². The predicted octanol–water partition coefficient (Wildman–Crippen LogP) is 8.03. The number of hydrogen-bond donors (Lipinski definition) is 0. The van der Waals surface area contributed by atoms with Gasteiger partial charge in [0.1, 0.15) is 0 Å². The summed E-state index contributed by atoms with van der Waals surface area (Å²) in [5, 5.41) is 0. The van der Waals surface area contributed by atoms with Crippen molar-refractivity contribution in [2.75, 3.05) is 0 Å². The highest BCUT2D eigenvalue weighted by Crippen LogP contribution is 2.46. The second-order valence-corrected chi connectivity index (χ2v) is 17.0. The van der Waals surface area contributed by atoms with Gasteiger partial charge in [-0.25, -0.2) is 0 Å². The lowest BCUT2D eigenvalue weighted by molar-refractivity contribution is 0.948. The van der Waals surface area contributed by atoms with E-state index >= 15 is 0 Å². The van der Waals surface area contributed by atoms with Crippen molar-refractivity contribution in [1.82, 2.24) is 0 Å². The predicted molar refractivity (Wildman–Crippen MR) is 130 cm³/mol. The summed E-state index contributed by atoms with van der Waals surface area (Å²) in [4.78, 5) is 0. The van der Waals surface area contributed by atoms with E-state index in [9.17, 15) is 0 Å². The van der Waals surface area contributed by atoms with E-state index in [-0.39, 0.29) is 17.4 Å². The number of allylic oxidation sites excluding steroid dienone is 2. The average molecular weight is 791 g/mol. The Bertz CT molecular complexity index is 276. The van der Waals surface area contributed by atoms with Crippen molar-refractivity contribution in [2.24, 2.45) is 0 Å². The van der Waals surface area contributed by atoms with Crippen molar-refractivity contribution in [3.63, 3.8) is 0 Å². The van der Waals surface area contributed by atoms with E-state index in [4.69, 9.17) is 0 Å². The lowest BCUT2D eigenvalue weighted by Gasteiger charge is -2.28. The van der Waals surface area contributed by atoms with Crippen molar-refractivity contribution in [3.8, 4) is 0 Å². The van der Waals surface area contributed by atoms with Crippen LogP contribution < -0.4 is 0 Å². The minimum absolute atomic E-state index is 0.212. The zero-order valence-corrected chi connectivity index (χ0v) is 23.6. The molecule has 0 unspecified atom stereocenters. The molecule has 0 aliphatic heterocycles. The molecule has 0 rings (SSSR count). The van der Waals surface area contributed by atoms with E-state index in [1.54, 1.807) is 0 Å². The molecule has 0 aliphatic carbocycles. The first-order valence-electron chi connectivity index (χ1n) is 6.03. The first-order valence-corrected chi connectivity index (χ1v) is 13.4. The Morgan fingerprint density at radius 1 is 0.600 bits per heavy atom. The standard InChI is InChI=1S/C8H12B4Br8/c1-3-5(7(9(13)14)10(15)16)6(4-2)8(11(17)18)12(19)20/h7-8H,3-4H2,1-2H3/b6-5-. The fraction of sp³-hybridized carbons (Fsp3) is 0.750. The molecular weight excluding hydrogens is 779 g/mol. The quantitative estimate of drug-likeness (QED) is 0.173. The summed E-state index contributed by atoms with van der Waals surface area (Å²) in [6.07, 6.45) is 2.04. The van der Waals surface area contributed by atoms with Gasteiger partial charge < -0.3 is 0 Å². The maximum Gasteiger partial charge on any atom is 0.300 e. The van der Waals surface area contributed by atoms with Gasteiger partial charge in [-0.3, -0.25) is 0 Å². The third-order valence-electron chi connectivity index (χ3n) is 3.06. The van der Waals surface area contributed by atoms with Crippen LogP contribution in [-0.2, 0) is 0 Å². The van der Waals surface area contributed by atoms with Crippen LogP contribution in [0.1, 0.15) is 26.7 Å². The van der Waals surface area contributed by atoms with Crippen molar-refractivity contribution in [2.45, 2.75) is 38.1 Å². The highest BCUT2D eigenvalue weighted by Gasteiger charge is 2.38. The molecule has 0 heterocycles. The molecule has 0 atom stereocenters. The van der Waals surface area contributed by atoms with Crippen LogP contribution in [0.25, 0.3) is 0 Å². The Balaban J connectivity index is 5.88. The molecule has 0 saturated carbocycles. The maximum atomic E-state index is 3.68. The summed E-state index contributed by atoms with van der Waals surface area (Å²) in [5.74, 6) is 0. The Morgan fingerprint density at radius 2 is 0.800 bits per heavy atom. The minimum Gasteiger partial charge on any atom is -0.139 e. The van der Waals surface area contributed by atoms with E-state index in [0.717, 1.165) is 12.8 Å². The molecule has 0 bridgehead atoms. The van der Waals surface area contributed by atoms with Crippen LogP contribution in [0.2, 0.25) is 11.4 Å². The Morgan fingerprint density at radius 3 is 0.900 bits per heavy atom. The largest absolute Gasteiger partial charge is 0.300 e. The highest BCUT2D eigenvalue weighted by molar-refractivity contribution is 9.52. The first kappa shape index (κ1) is 23.8. The molecule has 0 aromatic rings. The SMILES string of the molecule is CC/C(=C(\CC)C(B(Br)Br)B(Br)Br)C(B(Br)Br)B(Br)Br. The summed E-state index contributed by atoms with van der Waals surface area (Å²) < 4.78 is 0.849. The molecule has 0 aromatic heterocycles. The molecule has 112 valence electrons. The van der Waals surface area contributed by atoms with Gasteiger partial charge in [-0.1, -0.05) is 25.0 Å². The third kappa shape index (κ3) is 7.38. The molecule has 0 N–H and O–H groups in total. The van der Waals surface area contributed by atoms with Crippen LogP contribution in [0, 0.1) is 0 Å².